The molecule has 0 radical (unpaired) electrons. The molecule has 5 rings (SSSR count). The van der Waals surface area contributed by atoms with Crippen molar-refractivity contribution in [1.82, 2.24) is 30.0 Å². The number of hydrogen-bond acceptors (Lipinski definition) is 7. The number of ether oxygens (including phenoxy) is 1. The number of pyridine rings is 1. The summed E-state index contributed by atoms with van der Waals surface area (Å²) in [5, 5.41) is 11.2. The van der Waals surface area contributed by atoms with E-state index in [0.29, 0.717) is 39.1 Å². The molecule has 8 nitrogen and oxygen atoms in total. The largest absolute Gasteiger partial charge is 0.489 e. The molecular formula is C25H24FN7O. The number of H-pyrrole nitrogens is 1. The fourth-order valence-electron chi connectivity index (χ4n) is 4.03. The number of anilines is 2. The fraction of sp³-hybridized carbons (Fsp3) is 0.200. The summed E-state index contributed by atoms with van der Waals surface area (Å²) in [6.07, 6.45) is 6.55. The van der Waals surface area contributed by atoms with Crippen molar-refractivity contribution in [3.05, 3.63) is 67.1 Å². The van der Waals surface area contributed by atoms with Crippen LogP contribution in [0.1, 0.15) is 6.92 Å². The van der Waals surface area contributed by atoms with E-state index in [1.165, 1.54) is 6.33 Å². The van der Waals surface area contributed by atoms with Crippen LogP contribution >= 0.6 is 0 Å². The highest BCUT2D eigenvalue weighted by Crippen LogP contribution is 2.37. The molecule has 3 heterocycles. The van der Waals surface area contributed by atoms with Gasteiger partial charge in [0.2, 0.25) is 0 Å². The number of benzene rings is 2. The SMILES string of the molecule is C[C@H](CN(C)C)Oc1cc(-c2cn[nH]c2)cc2ncnc(Nc3ccc4ncccc4c3F)c12. The van der Waals surface area contributed by atoms with E-state index < -0.39 is 5.82 Å². The summed E-state index contributed by atoms with van der Waals surface area (Å²) >= 11 is 0. The van der Waals surface area contributed by atoms with Gasteiger partial charge in [-0.2, -0.15) is 5.10 Å². The number of halogens is 1. The van der Waals surface area contributed by atoms with Gasteiger partial charge in [0.05, 0.1) is 28.3 Å². The number of aromatic nitrogens is 5. The molecule has 0 aliphatic rings. The Morgan fingerprint density at radius 1 is 1.09 bits per heavy atom. The normalized spacial score (nSPS) is 12.4. The first-order chi connectivity index (χ1) is 16.5. The molecule has 2 N–H and O–H groups in total. The molecule has 0 aliphatic heterocycles. The molecule has 3 aromatic heterocycles. The molecule has 0 saturated heterocycles. The van der Waals surface area contributed by atoms with Crippen LogP contribution < -0.4 is 10.1 Å². The molecule has 0 unspecified atom stereocenters. The van der Waals surface area contributed by atoms with Gasteiger partial charge >= 0.3 is 0 Å². The number of nitrogens with zero attached hydrogens (tertiary/aromatic N) is 5. The molecule has 0 saturated carbocycles. The first-order valence-corrected chi connectivity index (χ1v) is 10.9. The summed E-state index contributed by atoms with van der Waals surface area (Å²) in [6, 6.07) is 10.7. The maximum Gasteiger partial charge on any atom is 0.156 e. The molecule has 34 heavy (non-hydrogen) atoms. The second-order valence-corrected chi connectivity index (χ2v) is 8.39. The predicted molar refractivity (Wildman–Crippen MR) is 131 cm³/mol. The lowest BCUT2D eigenvalue weighted by Gasteiger charge is -2.21. The van der Waals surface area contributed by atoms with E-state index in [4.69, 9.17) is 4.74 Å². The third-order valence-corrected chi connectivity index (χ3v) is 5.46. The standard InChI is InChI=1S/C25H24FN7O/c1-15(13-33(2)3)34-22-10-16(17-11-30-31-12-17)9-21-23(22)25(29-14-28-21)32-20-7-6-19-18(24(20)26)5-4-8-27-19/h4-12,14-15H,13H2,1-3H3,(H,30,31)(H,28,29,32)/t15-/m1/s1. The van der Waals surface area contributed by atoms with E-state index in [2.05, 4.69) is 35.4 Å². The summed E-state index contributed by atoms with van der Waals surface area (Å²) in [5.74, 6) is 0.669. The number of likely N-dealkylation sites (N-methyl/N-ethyl adjacent to an activating group) is 1. The Morgan fingerprint density at radius 2 is 1.97 bits per heavy atom. The van der Waals surface area contributed by atoms with E-state index in [0.717, 1.165) is 17.7 Å². The van der Waals surface area contributed by atoms with Crippen molar-refractivity contribution < 1.29 is 9.13 Å². The summed E-state index contributed by atoms with van der Waals surface area (Å²) in [4.78, 5) is 15.2. The van der Waals surface area contributed by atoms with Gasteiger partial charge in [-0.3, -0.25) is 10.1 Å². The van der Waals surface area contributed by atoms with Crippen molar-refractivity contribution in [3.63, 3.8) is 0 Å². The van der Waals surface area contributed by atoms with Crippen LogP contribution in [0.3, 0.4) is 0 Å². The van der Waals surface area contributed by atoms with Crippen molar-refractivity contribution in [2.45, 2.75) is 13.0 Å². The van der Waals surface area contributed by atoms with E-state index in [9.17, 15) is 0 Å². The molecule has 5 aromatic rings. The van der Waals surface area contributed by atoms with Gasteiger partial charge in [0.25, 0.3) is 0 Å². The topological polar surface area (TPSA) is 91.9 Å². The average molecular weight is 458 g/mol. The lowest BCUT2D eigenvalue weighted by molar-refractivity contribution is 0.179. The molecule has 172 valence electrons. The monoisotopic (exact) mass is 457 g/mol. The van der Waals surface area contributed by atoms with Gasteiger partial charge in [-0.1, -0.05) is 0 Å². The first-order valence-electron chi connectivity index (χ1n) is 10.9. The van der Waals surface area contributed by atoms with Gasteiger partial charge in [-0.05, 0) is 63.0 Å². The minimum absolute atomic E-state index is 0.102. The van der Waals surface area contributed by atoms with Crippen molar-refractivity contribution >= 4 is 33.3 Å². The van der Waals surface area contributed by atoms with Crippen LogP contribution in [0.25, 0.3) is 32.9 Å². The molecule has 2 aromatic carbocycles. The van der Waals surface area contributed by atoms with Crippen LogP contribution in [-0.2, 0) is 0 Å². The minimum atomic E-state index is -0.393. The predicted octanol–water partition coefficient (Wildman–Crippen LogP) is 4.78. The molecule has 0 spiro atoms. The van der Waals surface area contributed by atoms with E-state index in [1.807, 2.05) is 39.3 Å². The van der Waals surface area contributed by atoms with Crippen molar-refractivity contribution in [2.75, 3.05) is 26.0 Å². The van der Waals surface area contributed by atoms with Crippen LogP contribution in [-0.4, -0.2) is 56.8 Å². The third-order valence-electron chi connectivity index (χ3n) is 5.46. The van der Waals surface area contributed by atoms with Gasteiger partial charge in [0.15, 0.2) is 5.82 Å². The number of fused-ring (bicyclic) bond motifs is 2. The van der Waals surface area contributed by atoms with Gasteiger partial charge in [0, 0.05) is 29.9 Å². The van der Waals surface area contributed by atoms with Crippen LogP contribution in [0, 0.1) is 5.82 Å². The minimum Gasteiger partial charge on any atom is -0.489 e. The van der Waals surface area contributed by atoms with Gasteiger partial charge in [0.1, 0.15) is 24.0 Å². The first kappa shape index (κ1) is 21.7. The van der Waals surface area contributed by atoms with E-state index in [-0.39, 0.29) is 6.10 Å². The molecule has 0 bridgehead atoms. The third kappa shape index (κ3) is 4.25. The zero-order valence-electron chi connectivity index (χ0n) is 19.1. The Morgan fingerprint density at radius 3 is 2.76 bits per heavy atom. The van der Waals surface area contributed by atoms with Gasteiger partial charge in [-0.15, -0.1) is 0 Å². The van der Waals surface area contributed by atoms with Gasteiger partial charge in [-0.25, -0.2) is 14.4 Å². The molecule has 9 heteroatoms. The Kier molecular flexibility index (Phi) is 5.77. The van der Waals surface area contributed by atoms with Crippen molar-refractivity contribution in [3.8, 4) is 16.9 Å². The zero-order chi connectivity index (χ0) is 23.7. The highest BCUT2D eigenvalue weighted by atomic mass is 19.1. The lowest BCUT2D eigenvalue weighted by atomic mass is 10.1. The van der Waals surface area contributed by atoms with Crippen molar-refractivity contribution in [1.29, 1.82) is 0 Å². The van der Waals surface area contributed by atoms with Crippen molar-refractivity contribution in [2.24, 2.45) is 0 Å². The summed E-state index contributed by atoms with van der Waals surface area (Å²) < 4.78 is 21.6. The molecule has 1 atom stereocenters. The maximum absolute atomic E-state index is 15.3. The smallest absolute Gasteiger partial charge is 0.156 e. The second kappa shape index (κ2) is 9.03. The number of rotatable bonds is 7. The molecule has 0 amide bonds. The van der Waals surface area contributed by atoms with Crippen LogP contribution in [0.15, 0.2) is 61.3 Å². The highest BCUT2D eigenvalue weighted by molar-refractivity contribution is 5.99. The fourth-order valence-corrected chi connectivity index (χ4v) is 4.03. The van der Waals surface area contributed by atoms with E-state index >= 15 is 4.39 Å². The average Bonchev–Trinajstić information content (AvgIpc) is 3.35. The summed E-state index contributed by atoms with van der Waals surface area (Å²) in [5.41, 5.74) is 3.37. The Hall–Kier alpha value is -4.11. The summed E-state index contributed by atoms with van der Waals surface area (Å²) in [7, 11) is 3.99. The van der Waals surface area contributed by atoms with Crippen LogP contribution in [0.4, 0.5) is 15.9 Å². The lowest BCUT2D eigenvalue weighted by Crippen LogP contribution is -2.28. The molecular weight excluding hydrogens is 433 g/mol. The highest BCUT2D eigenvalue weighted by Gasteiger charge is 2.18. The second-order valence-electron chi connectivity index (χ2n) is 8.39. The Labute approximate surface area is 195 Å². The van der Waals surface area contributed by atoms with Crippen LogP contribution in [0.2, 0.25) is 0 Å². The maximum atomic E-state index is 15.3. The molecule has 0 fully saturated rings. The quantitative estimate of drug-likeness (QED) is 0.363. The Balaban J connectivity index is 1.63. The summed E-state index contributed by atoms with van der Waals surface area (Å²) in [6.45, 7) is 2.73. The molecule has 0 aliphatic carbocycles. The number of nitrogens with one attached hydrogen (secondary N) is 2. The van der Waals surface area contributed by atoms with Crippen LogP contribution in [0.5, 0.6) is 5.75 Å². The van der Waals surface area contributed by atoms with Gasteiger partial charge < -0.3 is 15.0 Å². The Bertz CT molecular complexity index is 1450. The van der Waals surface area contributed by atoms with E-state index in [1.54, 1.807) is 36.7 Å². The number of hydrogen-bond donors (Lipinski definition) is 2. The number of aromatic amines is 1. The zero-order valence-corrected chi connectivity index (χ0v) is 19.1.